The second-order valence-corrected chi connectivity index (χ2v) is 6.25. The van der Waals surface area contributed by atoms with Crippen molar-refractivity contribution in [1.82, 2.24) is 0 Å². The number of rotatable bonds is 7. The molecule has 0 saturated heterocycles. The number of benzene rings is 1. The molecule has 114 valence electrons. The van der Waals surface area contributed by atoms with Gasteiger partial charge in [0.25, 0.3) is 0 Å². The van der Waals surface area contributed by atoms with Gasteiger partial charge in [0.2, 0.25) is 0 Å². The third-order valence-electron chi connectivity index (χ3n) is 4.76. The Morgan fingerprint density at radius 1 is 1.24 bits per heavy atom. The lowest BCUT2D eigenvalue weighted by molar-refractivity contribution is 0.146. The van der Waals surface area contributed by atoms with Crippen LogP contribution in [0.15, 0.2) is 36.4 Å². The molecule has 21 heavy (non-hydrogen) atoms. The van der Waals surface area contributed by atoms with Crippen LogP contribution in [0.1, 0.15) is 19.8 Å². The summed E-state index contributed by atoms with van der Waals surface area (Å²) in [6.07, 6.45) is 7.51. The van der Waals surface area contributed by atoms with Gasteiger partial charge in [0, 0.05) is 24.9 Å². The lowest BCUT2D eigenvalue weighted by Gasteiger charge is -2.27. The first-order valence-electron chi connectivity index (χ1n) is 7.93. The van der Waals surface area contributed by atoms with Crippen LogP contribution in [0.4, 0.5) is 5.69 Å². The maximum Gasteiger partial charge on any atom is 0.121 e. The van der Waals surface area contributed by atoms with Gasteiger partial charge in [0.05, 0.1) is 6.61 Å². The van der Waals surface area contributed by atoms with E-state index in [9.17, 15) is 0 Å². The van der Waals surface area contributed by atoms with Gasteiger partial charge >= 0.3 is 0 Å². The second-order valence-electron chi connectivity index (χ2n) is 6.25. The lowest BCUT2D eigenvalue weighted by Crippen LogP contribution is -2.28. The van der Waals surface area contributed by atoms with E-state index in [4.69, 9.17) is 9.47 Å². The number of allylic oxidation sites excluding steroid dienone is 2. The highest BCUT2D eigenvalue weighted by Gasteiger charge is 2.38. The first-order valence-corrected chi connectivity index (χ1v) is 7.93. The standard InChI is InChI=1S/C18H25NO2/c1-13(18-11-14-6-7-15(18)10-14)19-16-4-3-5-17(12-16)21-9-8-20-2/h3-7,12-15,18-19H,8-11H2,1-2H3. The number of methoxy groups -OCH3 is 1. The third kappa shape index (κ3) is 3.41. The molecule has 1 fully saturated rings. The summed E-state index contributed by atoms with van der Waals surface area (Å²) < 4.78 is 10.7. The van der Waals surface area contributed by atoms with Crippen LogP contribution >= 0.6 is 0 Å². The molecule has 4 atom stereocenters. The van der Waals surface area contributed by atoms with E-state index < -0.39 is 0 Å². The van der Waals surface area contributed by atoms with Crippen LogP contribution in [0.3, 0.4) is 0 Å². The molecule has 2 aliphatic carbocycles. The van der Waals surface area contributed by atoms with Gasteiger partial charge in [-0.15, -0.1) is 0 Å². The minimum absolute atomic E-state index is 0.499. The summed E-state index contributed by atoms with van der Waals surface area (Å²) in [6, 6.07) is 8.72. The van der Waals surface area contributed by atoms with Crippen molar-refractivity contribution in [2.45, 2.75) is 25.8 Å². The molecule has 1 aromatic rings. The maximum absolute atomic E-state index is 5.67. The zero-order valence-corrected chi connectivity index (χ0v) is 12.9. The molecule has 0 aromatic heterocycles. The van der Waals surface area contributed by atoms with Crippen LogP contribution in [0.25, 0.3) is 0 Å². The Balaban J connectivity index is 1.57. The fourth-order valence-corrected chi connectivity index (χ4v) is 3.69. The fraction of sp³-hybridized carbons (Fsp3) is 0.556. The minimum atomic E-state index is 0.499. The van der Waals surface area contributed by atoms with E-state index >= 15 is 0 Å². The van der Waals surface area contributed by atoms with Crippen LogP contribution < -0.4 is 10.1 Å². The Bertz CT molecular complexity index is 500. The molecule has 0 heterocycles. The molecular weight excluding hydrogens is 262 g/mol. The van der Waals surface area contributed by atoms with E-state index in [1.165, 1.54) is 12.8 Å². The number of nitrogens with one attached hydrogen (secondary N) is 1. The monoisotopic (exact) mass is 287 g/mol. The van der Waals surface area contributed by atoms with Crippen molar-refractivity contribution in [3.05, 3.63) is 36.4 Å². The normalized spacial score (nSPS) is 27.8. The molecule has 3 heteroatoms. The van der Waals surface area contributed by atoms with E-state index in [0.717, 1.165) is 29.2 Å². The molecule has 1 aromatic carbocycles. The molecule has 3 rings (SSSR count). The highest BCUT2D eigenvalue weighted by molar-refractivity contribution is 5.49. The summed E-state index contributed by atoms with van der Waals surface area (Å²) in [7, 11) is 1.69. The maximum atomic E-state index is 5.67. The lowest BCUT2D eigenvalue weighted by atomic mass is 9.87. The fourth-order valence-electron chi connectivity index (χ4n) is 3.69. The summed E-state index contributed by atoms with van der Waals surface area (Å²) >= 11 is 0. The number of anilines is 1. The van der Waals surface area contributed by atoms with Gasteiger partial charge in [-0.2, -0.15) is 0 Å². The number of fused-ring (bicyclic) bond motifs is 2. The van der Waals surface area contributed by atoms with E-state index in [1.54, 1.807) is 7.11 Å². The number of hydrogen-bond donors (Lipinski definition) is 1. The third-order valence-corrected chi connectivity index (χ3v) is 4.76. The largest absolute Gasteiger partial charge is 0.491 e. The van der Waals surface area contributed by atoms with Gasteiger partial charge in [-0.1, -0.05) is 18.2 Å². The minimum Gasteiger partial charge on any atom is -0.491 e. The molecule has 0 radical (unpaired) electrons. The Morgan fingerprint density at radius 2 is 2.14 bits per heavy atom. The van der Waals surface area contributed by atoms with E-state index in [-0.39, 0.29) is 0 Å². The van der Waals surface area contributed by atoms with E-state index in [1.807, 2.05) is 12.1 Å². The van der Waals surface area contributed by atoms with Gasteiger partial charge < -0.3 is 14.8 Å². The van der Waals surface area contributed by atoms with E-state index in [2.05, 4.69) is 36.5 Å². The summed E-state index contributed by atoms with van der Waals surface area (Å²) in [4.78, 5) is 0. The van der Waals surface area contributed by atoms with Gasteiger partial charge in [0.1, 0.15) is 12.4 Å². The number of hydrogen-bond acceptors (Lipinski definition) is 3. The predicted octanol–water partition coefficient (Wildman–Crippen LogP) is 3.72. The average molecular weight is 287 g/mol. The van der Waals surface area contributed by atoms with Crippen LogP contribution in [-0.2, 0) is 4.74 Å². The summed E-state index contributed by atoms with van der Waals surface area (Å²) in [5.74, 6) is 3.27. The Kier molecular flexibility index (Phi) is 4.49. The summed E-state index contributed by atoms with van der Waals surface area (Å²) in [5.41, 5.74) is 1.14. The molecule has 2 aliphatic rings. The zero-order chi connectivity index (χ0) is 14.7. The molecule has 3 nitrogen and oxygen atoms in total. The van der Waals surface area contributed by atoms with E-state index in [0.29, 0.717) is 19.3 Å². The predicted molar refractivity (Wildman–Crippen MR) is 85.7 cm³/mol. The Morgan fingerprint density at radius 3 is 2.86 bits per heavy atom. The quantitative estimate of drug-likeness (QED) is 0.612. The highest BCUT2D eigenvalue weighted by atomic mass is 16.5. The highest BCUT2D eigenvalue weighted by Crippen LogP contribution is 2.45. The van der Waals surface area contributed by atoms with Gasteiger partial charge in [0.15, 0.2) is 0 Å². The Labute approximate surface area is 127 Å². The molecule has 4 unspecified atom stereocenters. The van der Waals surface area contributed by atoms with Crippen molar-refractivity contribution in [3.63, 3.8) is 0 Å². The molecular formula is C18H25NO2. The van der Waals surface area contributed by atoms with Crippen LogP contribution in [0.2, 0.25) is 0 Å². The van der Waals surface area contributed by atoms with Gasteiger partial charge in [-0.3, -0.25) is 0 Å². The zero-order valence-electron chi connectivity index (χ0n) is 12.9. The van der Waals surface area contributed by atoms with Gasteiger partial charge in [-0.05, 0) is 49.7 Å². The molecule has 2 bridgehead atoms. The van der Waals surface area contributed by atoms with Crippen molar-refractivity contribution in [1.29, 1.82) is 0 Å². The van der Waals surface area contributed by atoms with Crippen molar-refractivity contribution < 1.29 is 9.47 Å². The summed E-state index contributed by atoms with van der Waals surface area (Å²) in [5, 5.41) is 3.65. The van der Waals surface area contributed by atoms with Gasteiger partial charge in [-0.25, -0.2) is 0 Å². The van der Waals surface area contributed by atoms with Crippen molar-refractivity contribution in [2.24, 2.45) is 17.8 Å². The molecule has 1 N–H and O–H groups in total. The Hall–Kier alpha value is -1.48. The first-order chi connectivity index (χ1) is 10.3. The van der Waals surface area contributed by atoms with Crippen LogP contribution in [0.5, 0.6) is 5.75 Å². The van der Waals surface area contributed by atoms with Crippen LogP contribution in [0, 0.1) is 17.8 Å². The molecule has 0 amide bonds. The number of ether oxygens (including phenoxy) is 2. The SMILES string of the molecule is COCCOc1cccc(NC(C)C2CC3C=CC2C3)c1. The molecule has 0 aliphatic heterocycles. The average Bonchev–Trinajstić information content (AvgIpc) is 3.11. The second kappa shape index (κ2) is 6.52. The topological polar surface area (TPSA) is 30.5 Å². The van der Waals surface area contributed by atoms with Crippen molar-refractivity contribution in [2.75, 3.05) is 25.6 Å². The first kappa shape index (κ1) is 14.5. The summed E-state index contributed by atoms with van der Waals surface area (Å²) in [6.45, 7) is 3.51. The van der Waals surface area contributed by atoms with Crippen molar-refractivity contribution in [3.8, 4) is 5.75 Å². The molecule has 0 spiro atoms. The van der Waals surface area contributed by atoms with Crippen molar-refractivity contribution >= 4 is 5.69 Å². The smallest absolute Gasteiger partial charge is 0.121 e. The van der Waals surface area contributed by atoms with Crippen LogP contribution in [-0.4, -0.2) is 26.4 Å². The molecule has 1 saturated carbocycles.